The number of rotatable bonds is 4. The van der Waals surface area contributed by atoms with Gasteiger partial charge in [0.1, 0.15) is 0 Å². The molecule has 0 heterocycles. The average molecular weight is 223 g/mol. The van der Waals surface area contributed by atoms with E-state index < -0.39 is 23.0 Å². The molecule has 2 N–H and O–H groups in total. The van der Waals surface area contributed by atoms with E-state index in [9.17, 15) is 13.9 Å². The van der Waals surface area contributed by atoms with Crippen LogP contribution in [-0.2, 0) is 0 Å². The second-order valence-corrected chi connectivity index (χ2v) is 3.18. The lowest BCUT2D eigenvalue weighted by molar-refractivity contribution is -0.124. The van der Waals surface area contributed by atoms with Gasteiger partial charge in [0.05, 0.1) is 6.10 Å². The Morgan fingerprint density at radius 3 is 1.75 bits per heavy atom. The highest BCUT2D eigenvalue weighted by molar-refractivity contribution is 6.24. The number of aliphatic hydroxyl groups excluding tert-OH is 1. The molecule has 3 unspecified atom stereocenters. The second kappa shape index (κ2) is 4.56. The Bertz CT molecular complexity index is 136. The van der Waals surface area contributed by atoms with Crippen LogP contribution in [0.25, 0.3) is 0 Å². The van der Waals surface area contributed by atoms with Gasteiger partial charge in [0.15, 0.2) is 5.60 Å². The molecule has 2 nitrogen and oxygen atoms in total. The van der Waals surface area contributed by atoms with Gasteiger partial charge < -0.3 is 10.2 Å². The fraction of sp³-hybridized carbons (Fsp3) is 1.00. The summed E-state index contributed by atoms with van der Waals surface area (Å²) >= 11 is 9.70. The Hall–Kier alpha value is 0.360. The zero-order valence-corrected chi connectivity index (χ0v) is 7.86. The molecule has 0 saturated carbocycles. The van der Waals surface area contributed by atoms with Crippen molar-refractivity contribution in [2.24, 2.45) is 0 Å². The molecule has 0 rings (SSSR count). The average Bonchev–Trinajstić information content (AvgIpc) is 2.00. The molecular formula is C6H10Cl2F2O2. The Balaban J connectivity index is 4.61. The van der Waals surface area contributed by atoms with E-state index >= 15 is 0 Å². The lowest BCUT2D eigenvalue weighted by atomic mass is 9.97. The highest BCUT2D eigenvalue weighted by atomic mass is 35.5. The van der Waals surface area contributed by atoms with E-state index in [0.717, 1.165) is 0 Å². The van der Waals surface area contributed by atoms with Crippen molar-refractivity contribution in [3.05, 3.63) is 0 Å². The summed E-state index contributed by atoms with van der Waals surface area (Å²) in [5.74, 6) is 0. The minimum absolute atomic E-state index is 0.0449. The normalized spacial score (nSPS) is 24.2. The third kappa shape index (κ3) is 2.19. The van der Waals surface area contributed by atoms with Crippen molar-refractivity contribution in [2.45, 2.75) is 36.3 Å². The monoisotopic (exact) mass is 222 g/mol. The number of alkyl halides is 4. The van der Waals surface area contributed by atoms with Crippen molar-refractivity contribution in [3.63, 3.8) is 0 Å². The first-order valence-electron chi connectivity index (χ1n) is 3.34. The number of aliphatic hydroxyl groups is 2. The second-order valence-electron chi connectivity index (χ2n) is 2.41. The highest BCUT2D eigenvalue weighted by Gasteiger charge is 2.49. The van der Waals surface area contributed by atoms with Crippen LogP contribution in [0.2, 0.25) is 0 Å². The van der Waals surface area contributed by atoms with Gasteiger partial charge in [-0.3, -0.25) is 0 Å². The molecule has 6 heteroatoms. The smallest absolute Gasteiger partial charge is 0.208 e. The SMILES string of the molecule is CCC(O)C(O)(C(F)Cl)C(F)Cl. The van der Waals surface area contributed by atoms with Crippen LogP contribution in [0.1, 0.15) is 13.3 Å². The van der Waals surface area contributed by atoms with Crippen molar-refractivity contribution >= 4 is 23.2 Å². The molecular weight excluding hydrogens is 213 g/mol. The zero-order chi connectivity index (χ0) is 9.94. The van der Waals surface area contributed by atoms with E-state index in [1.165, 1.54) is 6.92 Å². The molecule has 0 aromatic rings. The van der Waals surface area contributed by atoms with E-state index in [1.807, 2.05) is 0 Å². The van der Waals surface area contributed by atoms with Crippen molar-refractivity contribution in [2.75, 3.05) is 0 Å². The minimum atomic E-state index is -2.74. The summed E-state index contributed by atoms with van der Waals surface area (Å²) in [4.78, 5) is 0. The van der Waals surface area contributed by atoms with Crippen LogP contribution in [0.15, 0.2) is 0 Å². The van der Waals surface area contributed by atoms with Crippen LogP contribution in [-0.4, -0.2) is 33.2 Å². The molecule has 12 heavy (non-hydrogen) atoms. The summed E-state index contributed by atoms with van der Waals surface area (Å²) in [7, 11) is 0. The maximum Gasteiger partial charge on any atom is 0.208 e. The molecule has 0 spiro atoms. The van der Waals surface area contributed by atoms with Gasteiger partial charge in [-0.25, -0.2) is 8.78 Å². The third-order valence-corrected chi connectivity index (χ3v) is 2.32. The van der Waals surface area contributed by atoms with Crippen LogP contribution in [0.4, 0.5) is 8.78 Å². The molecule has 0 aliphatic heterocycles. The van der Waals surface area contributed by atoms with Crippen LogP contribution < -0.4 is 0 Å². The first-order chi connectivity index (χ1) is 5.37. The van der Waals surface area contributed by atoms with Gasteiger partial charge in [-0.2, -0.15) is 0 Å². The maximum absolute atomic E-state index is 12.5. The van der Waals surface area contributed by atoms with Gasteiger partial charge in [0.2, 0.25) is 11.3 Å². The molecule has 74 valence electrons. The predicted molar refractivity (Wildman–Crippen MR) is 42.7 cm³/mol. The van der Waals surface area contributed by atoms with Gasteiger partial charge in [0.25, 0.3) is 0 Å². The molecule has 3 atom stereocenters. The Morgan fingerprint density at radius 1 is 1.33 bits per heavy atom. The molecule has 0 aliphatic rings. The maximum atomic E-state index is 12.5. The topological polar surface area (TPSA) is 40.5 Å². The number of hydrogen-bond acceptors (Lipinski definition) is 2. The van der Waals surface area contributed by atoms with Crippen LogP contribution in [0.3, 0.4) is 0 Å². The van der Waals surface area contributed by atoms with E-state index in [4.69, 9.17) is 28.3 Å². The van der Waals surface area contributed by atoms with Crippen LogP contribution >= 0.6 is 23.2 Å². The van der Waals surface area contributed by atoms with Crippen molar-refractivity contribution in [1.82, 2.24) is 0 Å². The number of hydrogen-bond donors (Lipinski definition) is 2. The molecule has 0 amide bonds. The molecule has 0 radical (unpaired) electrons. The predicted octanol–water partition coefficient (Wildman–Crippen LogP) is 1.56. The van der Waals surface area contributed by atoms with Gasteiger partial charge >= 0.3 is 0 Å². The fourth-order valence-corrected chi connectivity index (χ4v) is 1.29. The van der Waals surface area contributed by atoms with Gasteiger partial charge in [-0.15, -0.1) is 0 Å². The van der Waals surface area contributed by atoms with E-state index in [0.29, 0.717) is 0 Å². The summed E-state index contributed by atoms with van der Waals surface area (Å²) < 4.78 is 24.9. The first-order valence-corrected chi connectivity index (χ1v) is 4.21. The quantitative estimate of drug-likeness (QED) is 0.710. The summed E-state index contributed by atoms with van der Waals surface area (Å²) in [6.07, 6.45) is -1.67. The standard InChI is InChI=1S/C6H10Cl2F2O2/c1-2-3(11)6(12,4(7)9)5(8)10/h3-5,11-12H,2H2,1H3. The molecule has 0 fully saturated rings. The Morgan fingerprint density at radius 2 is 1.67 bits per heavy atom. The van der Waals surface area contributed by atoms with Gasteiger partial charge in [0, 0.05) is 0 Å². The summed E-state index contributed by atoms with van der Waals surface area (Å²) in [6, 6.07) is 0. The van der Waals surface area contributed by atoms with E-state index in [2.05, 4.69) is 0 Å². The van der Waals surface area contributed by atoms with Crippen molar-refractivity contribution in [3.8, 4) is 0 Å². The summed E-state index contributed by atoms with van der Waals surface area (Å²) in [6.45, 7) is 1.44. The molecule has 0 aromatic carbocycles. The summed E-state index contributed by atoms with van der Waals surface area (Å²) in [5, 5.41) is 18.2. The highest BCUT2D eigenvalue weighted by Crippen LogP contribution is 2.31. The fourth-order valence-electron chi connectivity index (χ4n) is 0.713. The van der Waals surface area contributed by atoms with E-state index in [-0.39, 0.29) is 6.42 Å². The van der Waals surface area contributed by atoms with Crippen LogP contribution in [0.5, 0.6) is 0 Å². The Kier molecular flexibility index (Phi) is 4.69. The zero-order valence-electron chi connectivity index (χ0n) is 6.35. The van der Waals surface area contributed by atoms with Gasteiger partial charge in [-0.1, -0.05) is 30.1 Å². The lowest BCUT2D eigenvalue weighted by Gasteiger charge is -2.32. The lowest BCUT2D eigenvalue weighted by Crippen LogP contribution is -2.53. The van der Waals surface area contributed by atoms with Crippen molar-refractivity contribution in [1.29, 1.82) is 0 Å². The van der Waals surface area contributed by atoms with Crippen molar-refractivity contribution < 1.29 is 19.0 Å². The molecule has 0 aromatic heterocycles. The molecule has 0 saturated heterocycles. The largest absolute Gasteiger partial charge is 0.390 e. The van der Waals surface area contributed by atoms with Crippen LogP contribution in [0, 0.1) is 0 Å². The van der Waals surface area contributed by atoms with Gasteiger partial charge in [-0.05, 0) is 6.42 Å². The summed E-state index contributed by atoms with van der Waals surface area (Å²) in [5.41, 5.74) is -7.63. The molecule has 0 aliphatic carbocycles. The third-order valence-electron chi connectivity index (χ3n) is 1.62. The minimum Gasteiger partial charge on any atom is -0.390 e. The first kappa shape index (κ1) is 12.4. The molecule has 0 bridgehead atoms. The number of halogens is 4. The Labute approximate surface area is 79.1 Å². The van der Waals surface area contributed by atoms with E-state index in [1.54, 1.807) is 0 Å².